The Balaban J connectivity index is 2.20. The Labute approximate surface area is 101 Å². The molecule has 0 atom stereocenters. The molecule has 0 unspecified atom stereocenters. The molecule has 0 saturated carbocycles. The first-order valence-electron chi connectivity index (χ1n) is 5.79. The highest BCUT2D eigenvalue weighted by atomic mass is 16.3. The molecule has 1 heterocycles. The lowest BCUT2D eigenvalue weighted by molar-refractivity contribution is 0.613. The third-order valence-electron chi connectivity index (χ3n) is 3.12. The van der Waals surface area contributed by atoms with Gasteiger partial charge in [-0.15, -0.1) is 0 Å². The number of furan rings is 1. The SMILES string of the molecule is Cc1ccc(-c2cc(C)c3occc3c2)cc1. The van der Waals surface area contributed by atoms with Crippen molar-refractivity contribution in [3.8, 4) is 11.1 Å². The van der Waals surface area contributed by atoms with Crippen LogP contribution >= 0.6 is 0 Å². The molecule has 0 bridgehead atoms. The molecule has 0 saturated heterocycles. The fourth-order valence-electron chi connectivity index (χ4n) is 2.17. The Morgan fingerprint density at radius 2 is 1.59 bits per heavy atom. The van der Waals surface area contributed by atoms with E-state index < -0.39 is 0 Å². The number of aryl methyl sites for hydroxylation is 2. The van der Waals surface area contributed by atoms with Gasteiger partial charge in [-0.05, 0) is 48.7 Å². The van der Waals surface area contributed by atoms with Crippen LogP contribution in [-0.4, -0.2) is 0 Å². The Hall–Kier alpha value is -2.02. The highest BCUT2D eigenvalue weighted by Crippen LogP contribution is 2.28. The molecule has 0 fully saturated rings. The third kappa shape index (κ3) is 1.74. The topological polar surface area (TPSA) is 13.1 Å². The number of rotatable bonds is 1. The quantitative estimate of drug-likeness (QED) is 0.580. The van der Waals surface area contributed by atoms with Gasteiger partial charge in [-0.1, -0.05) is 29.8 Å². The van der Waals surface area contributed by atoms with Crippen molar-refractivity contribution in [2.45, 2.75) is 13.8 Å². The summed E-state index contributed by atoms with van der Waals surface area (Å²) in [5, 5.41) is 1.17. The van der Waals surface area contributed by atoms with Crippen LogP contribution in [0.15, 0.2) is 53.1 Å². The van der Waals surface area contributed by atoms with Gasteiger partial charge < -0.3 is 4.42 Å². The zero-order valence-corrected chi connectivity index (χ0v) is 10.0. The van der Waals surface area contributed by atoms with Crippen molar-refractivity contribution in [3.63, 3.8) is 0 Å². The van der Waals surface area contributed by atoms with E-state index in [0.717, 1.165) is 5.58 Å². The molecule has 0 aliphatic rings. The molecule has 1 aromatic heterocycles. The molecule has 0 aliphatic heterocycles. The van der Waals surface area contributed by atoms with Crippen LogP contribution in [0.1, 0.15) is 11.1 Å². The van der Waals surface area contributed by atoms with Crippen molar-refractivity contribution in [2.75, 3.05) is 0 Å². The van der Waals surface area contributed by atoms with Gasteiger partial charge in [0, 0.05) is 5.39 Å². The lowest BCUT2D eigenvalue weighted by Gasteiger charge is -2.04. The standard InChI is InChI=1S/C16H14O/c1-11-3-5-13(6-4-11)15-9-12(2)16-14(10-15)7-8-17-16/h3-10H,1-2H3. The molecular formula is C16H14O. The number of benzene rings is 2. The summed E-state index contributed by atoms with van der Waals surface area (Å²) in [6, 6.07) is 15.0. The lowest BCUT2D eigenvalue weighted by Crippen LogP contribution is -1.81. The second-order valence-corrected chi connectivity index (χ2v) is 4.50. The van der Waals surface area contributed by atoms with Crippen LogP contribution in [-0.2, 0) is 0 Å². The van der Waals surface area contributed by atoms with E-state index in [4.69, 9.17) is 4.42 Å². The summed E-state index contributed by atoms with van der Waals surface area (Å²) in [5.41, 5.74) is 5.96. The van der Waals surface area contributed by atoms with Gasteiger partial charge in [0.1, 0.15) is 5.58 Å². The molecule has 3 aromatic rings. The maximum absolute atomic E-state index is 5.46. The van der Waals surface area contributed by atoms with Crippen molar-refractivity contribution in [1.29, 1.82) is 0 Å². The minimum Gasteiger partial charge on any atom is -0.464 e. The largest absolute Gasteiger partial charge is 0.464 e. The van der Waals surface area contributed by atoms with Gasteiger partial charge in [-0.2, -0.15) is 0 Å². The van der Waals surface area contributed by atoms with Gasteiger partial charge in [0.25, 0.3) is 0 Å². The van der Waals surface area contributed by atoms with Gasteiger partial charge in [0.15, 0.2) is 0 Å². The summed E-state index contributed by atoms with van der Waals surface area (Å²) in [6.45, 7) is 4.19. The molecule has 0 aliphatic carbocycles. The highest BCUT2D eigenvalue weighted by Gasteiger charge is 2.05. The van der Waals surface area contributed by atoms with Gasteiger partial charge in [-0.3, -0.25) is 0 Å². The van der Waals surface area contributed by atoms with E-state index in [-0.39, 0.29) is 0 Å². The average molecular weight is 222 g/mol. The predicted octanol–water partition coefficient (Wildman–Crippen LogP) is 4.72. The van der Waals surface area contributed by atoms with E-state index in [2.05, 4.69) is 50.2 Å². The number of hydrogen-bond acceptors (Lipinski definition) is 1. The summed E-state index contributed by atoms with van der Waals surface area (Å²) in [5.74, 6) is 0. The first kappa shape index (κ1) is 10.2. The molecule has 17 heavy (non-hydrogen) atoms. The van der Waals surface area contributed by atoms with Crippen molar-refractivity contribution >= 4 is 11.0 Å². The van der Waals surface area contributed by atoms with Gasteiger partial charge >= 0.3 is 0 Å². The molecule has 1 heteroatoms. The number of fused-ring (bicyclic) bond motifs is 1. The molecule has 1 nitrogen and oxygen atoms in total. The number of hydrogen-bond donors (Lipinski definition) is 0. The minimum atomic E-state index is 0.987. The van der Waals surface area contributed by atoms with E-state index in [9.17, 15) is 0 Å². The molecule has 3 rings (SSSR count). The molecule has 0 amide bonds. The second-order valence-electron chi connectivity index (χ2n) is 4.50. The van der Waals surface area contributed by atoms with Crippen LogP contribution in [0.4, 0.5) is 0 Å². The third-order valence-corrected chi connectivity index (χ3v) is 3.12. The van der Waals surface area contributed by atoms with E-state index in [1.165, 1.54) is 27.6 Å². The van der Waals surface area contributed by atoms with Gasteiger partial charge in [0.2, 0.25) is 0 Å². The van der Waals surface area contributed by atoms with E-state index in [0.29, 0.717) is 0 Å². The molecule has 84 valence electrons. The van der Waals surface area contributed by atoms with Crippen LogP contribution in [0.2, 0.25) is 0 Å². The van der Waals surface area contributed by atoms with Crippen LogP contribution in [0.3, 0.4) is 0 Å². The minimum absolute atomic E-state index is 0.987. The summed E-state index contributed by atoms with van der Waals surface area (Å²) in [4.78, 5) is 0. The summed E-state index contributed by atoms with van der Waals surface area (Å²) in [7, 11) is 0. The normalized spacial score (nSPS) is 10.9. The average Bonchev–Trinajstić information content (AvgIpc) is 2.78. The highest BCUT2D eigenvalue weighted by molar-refractivity contribution is 5.86. The summed E-state index contributed by atoms with van der Waals surface area (Å²) in [6.07, 6.45) is 1.75. The zero-order chi connectivity index (χ0) is 11.8. The van der Waals surface area contributed by atoms with Crippen molar-refractivity contribution in [3.05, 3.63) is 59.9 Å². The Morgan fingerprint density at radius 1 is 0.824 bits per heavy atom. The van der Waals surface area contributed by atoms with Crippen molar-refractivity contribution in [1.82, 2.24) is 0 Å². The molecule has 2 aromatic carbocycles. The van der Waals surface area contributed by atoms with Crippen molar-refractivity contribution < 1.29 is 4.42 Å². The van der Waals surface area contributed by atoms with Crippen molar-refractivity contribution in [2.24, 2.45) is 0 Å². The Bertz CT molecular complexity index is 660. The zero-order valence-electron chi connectivity index (χ0n) is 10.0. The molecule has 0 N–H and O–H groups in total. The Morgan fingerprint density at radius 3 is 2.35 bits per heavy atom. The second kappa shape index (κ2) is 3.77. The smallest absolute Gasteiger partial charge is 0.136 e. The lowest BCUT2D eigenvalue weighted by atomic mass is 10.0. The van der Waals surface area contributed by atoms with Crippen LogP contribution in [0.25, 0.3) is 22.1 Å². The Kier molecular flexibility index (Phi) is 2.25. The van der Waals surface area contributed by atoms with E-state index in [1.54, 1.807) is 6.26 Å². The molecular weight excluding hydrogens is 208 g/mol. The fourth-order valence-corrected chi connectivity index (χ4v) is 2.17. The molecule has 0 spiro atoms. The van der Waals surface area contributed by atoms with Crippen LogP contribution < -0.4 is 0 Å². The van der Waals surface area contributed by atoms with E-state index in [1.807, 2.05) is 6.07 Å². The van der Waals surface area contributed by atoms with Crippen LogP contribution in [0.5, 0.6) is 0 Å². The van der Waals surface area contributed by atoms with E-state index >= 15 is 0 Å². The monoisotopic (exact) mass is 222 g/mol. The van der Waals surface area contributed by atoms with Gasteiger partial charge in [-0.25, -0.2) is 0 Å². The maximum atomic E-state index is 5.46. The maximum Gasteiger partial charge on any atom is 0.136 e. The predicted molar refractivity (Wildman–Crippen MR) is 71.1 cm³/mol. The summed E-state index contributed by atoms with van der Waals surface area (Å²) >= 11 is 0. The fraction of sp³-hybridized carbons (Fsp3) is 0.125. The van der Waals surface area contributed by atoms with Crippen LogP contribution in [0, 0.1) is 13.8 Å². The molecule has 0 radical (unpaired) electrons. The summed E-state index contributed by atoms with van der Waals surface area (Å²) < 4.78 is 5.46. The van der Waals surface area contributed by atoms with Gasteiger partial charge in [0.05, 0.1) is 6.26 Å². The first-order valence-corrected chi connectivity index (χ1v) is 5.79. The first-order chi connectivity index (χ1) is 8.24.